The zero-order valence-corrected chi connectivity index (χ0v) is 16.9. The van der Waals surface area contributed by atoms with Crippen LogP contribution in [0.3, 0.4) is 0 Å². The molecular weight excluding hydrogens is 424 g/mol. The Labute approximate surface area is 171 Å². The molecule has 1 aliphatic heterocycles. The van der Waals surface area contributed by atoms with Crippen LogP contribution < -0.4 is 19.5 Å². The van der Waals surface area contributed by atoms with E-state index in [1.807, 2.05) is 19.1 Å². The minimum absolute atomic E-state index is 0.0330. The summed E-state index contributed by atoms with van der Waals surface area (Å²) >= 11 is 3.41. The molecule has 0 unspecified atom stereocenters. The summed E-state index contributed by atoms with van der Waals surface area (Å²) in [7, 11) is 0. The van der Waals surface area contributed by atoms with Crippen molar-refractivity contribution in [1.29, 1.82) is 5.26 Å². The van der Waals surface area contributed by atoms with Crippen LogP contribution in [-0.2, 0) is 4.79 Å². The number of carbonyl (C=O) groups excluding carboxylic acids is 1. The Bertz CT molecular complexity index is 950. The number of amides is 1. The summed E-state index contributed by atoms with van der Waals surface area (Å²) in [4.78, 5) is 12.6. The number of hydrogen-bond donors (Lipinski definition) is 1. The van der Waals surface area contributed by atoms with Gasteiger partial charge in [-0.3, -0.25) is 4.79 Å². The van der Waals surface area contributed by atoms with Crippen LogP contribution in [0.4, 0.5) is 5.69 Å². The third kappa shape index (κ3) is 4.84. The molecule has 0 aromatic heterocycles. The molecule has 6 nitrogen and oxygen atoms in total. The number of rotatable bonds is 6. The van der Waals surface area contributed by atoms with Crippen molar-refractivity contribution in [2.24, 2.45) is 0 Å². The van der Waals surface area contributed by atoms with Gasteiger partial charge in [0.2, 0.25) is 0 Å². The lowest BCUT2D eigenvalue weighted by atomic mass is 10.1. The number of ether oxygens (including phenoxy) is 3. The normalized spacial score (nSPS) is 12.8. The number of nitriles is 1. The number of nitrogens with one attached hydrogen (secondary N) is 1. The fourth-order valence-corrected chi connectivity index (χ4v) is 2.98. The number of carbonyl (C=O) groups is 1. The van der Waals surface area contributed by atoms with E-state index in [-0.39, 0.29) is 5.57 Å². The van der Waals surface area contributed by atoms with Crippen molar-refractivity contribution in [2.75, 3.05) is 25.1 Å². The molecule has 0 aliphatic carbocycles. The van der Waals surface area contributed by atoms with Crippen molar-refractivity contribution in [3.05, 3.63) is 52.0 Å². The second-order valence-electron chi connectivity index (χ2n) is 6.01. The summed E-state index contributed by atoms with van der Waals surface area (Å²) in [6, 6.07) is 12.5. The van der Waals surface area contributed by atoms with E-state index in [9.17, 15) is 10.1 Å². The van der Waals surface area contributed by atoms with Crippen LogP contribution in [0.15, 0.2) is 46.4 Å². The summed E-state index contributed by atoms with van der Waals surface area (Å²) in [5.74, 6) is 1.30. The van der Waals surface area contributed by atoms with Gasteiger partial charge in [-0.1, -0.05) is 22.9 Å². The number of hydrogen-bond acceptors (Lipinski definition) is 5. The molecule has 1 heterocycles. The molecule has 28 heavy (non-hydrogen) atoms. The molecule has 1 amide bonds. The highest BCUT2D eigenvalue weighted by molar-refractivity contribution is 9.10. The zero-order chi connectivity index (χ0) is 19.9. The smallest absolute Gasteiger partial charge is 0.266 e. The summed E-state index contributed by atoms with van der Waals surface area (Å²) < 4.78 is 17.5. The van der Waals surface area contributed by atoms with Crippen molar-refractivity contribution >= 4 is 33.6 Å². The number of nitrogens with zero attached hydrogens (tertiary/aromatic N) is 1. The van der Waals surface area contributed by atoms with Crippen molar-refractivity contribution in [1.82, 2.24) is 0 Å². The van der Waals surface area contributed by atoms with Gasteiger partial charge in [-0.15, -0.1) is 0 Å². The molecule has 2 aromatic carbocycles. The van der Waals surface area contributed by atoms with E-state index in [0.29, 0.717) is 48.3 Å². The lowest BCUT2D eigenvalue weighted by molar-refractivity contribution is -0.112. The van der Waals surface area contributed by atoms with Crippen molar-refractivity contribution in [2.45, 2.75) is 13.3 Å². The quantitative estimate of drug-likeness (QED) is 0.523. The fourth-order valence-electron chi connectivity index (χ4n) is 2.60. The second kappa shape index (κ2) is 9.29. The van der Waals surface area contributed by atoms with Gasteiger partial charge in [-0.05, 0) is 42.8 Å². The Morgan fingerprint density at radius 2 is 2.04 bits per heavy atom. The van der Waals surface area contributed by atoms with E-state index in [1.54, 1.807) is 30.3 Å². The maximum absolute atomic E-state index is 12.6. The van der Waals surface area contributed by atoms with Crippen molar-refractivity contribution in [3.8, 4) is 23.3 Å². The number of anilines is 1. The van der Waals surface area contributed by atoms with Gasteiger partial charge in [0.25, 0.3) is 5.91 Å². The maximum atomic E-state index is 12.6. The summed E-state index contributed by atoms with van der Waals surface area (Å²) in [5.41, 5.74) is 1.14. The Kier molecular flexibility index (Phi) is 6.56. The average Bonchev–Trinajstić information content (AvgIpc) is 2.71. The molecule has 2 aromatic rings. The largest absolute Gasteiger partial charge is 0.493 e. The van der Waals surface area contributed by atoms with Crippen LogP contribution in [0.1, 0.15) is 18.9 Å². The summed E-state index contributed by atoms with van der Waals surface area (Å²) in [5, 5.41) is 12.2. The first-order valence-electron chi connectivity index (χ1n) is 8.86. The molecule has 1 aliphatic rings. The third-order valence-electron chi connectivity index (χ3n) is 3.90. The first kappa shape index (κ1) is 19.8. The highest BCUT2D eigenvalue weighted by atomic mass is 79.9. The van der Waals surface area contributed by atoms with Crippen LogP contribution in [0.2, 0.25) is 0 Å². The molecule has 0 fully saturated rings. The van der Waals surface area contributed by atoms with Crippen LogP contribution >= 0.6 is 15.9 Å². The Morgan fingerprint density at radius 3 is 2.79 bits per heavy atom. The molecule has 0 saturated carbocycles. The molecule has 0 spiro atoms. The van der Waals surface area contributed by atoms with E-state index in [0.717, 1.165) is 10.9 Å². The van der Waals surface area contributed by atoms with E-state index in [2.05, 4.69) is 21.2 Å². The van der Waals surface area contributed by atoms with Crippen LogP contribution in [0, 0.1) is 11.3 Å². The molecule has 3 rings (SSSR count). The van der Waals surface area contributed by atoms with Gasteiger partial charge in [-0.2, -0.15) is 5.26 Å². The summed E-state index contributed by atoms with van der Waals surface area (Å²) in [6.45, 7) is 3.51. The average molecular weight is 443 g/mol. The lowest BCUT2D eigenvalue weighted by Gasteiger charge is -2.19. The van der Waals surface area contributed by atoms with E-state index in [1.165, 1.54) is 6.08 Å². The minimum Gasteiger partial charge on any atom is -0.493 e. The first-order chi connectivity index (χ1) is 13.6. The maximum Gasteiger partial charge on any atom is 0.266 e. The molecule has 0 bridgehead atoms. The van der Waals surface area contributed by atoms with Gasteiger partial charge in [-0.25, -0.2) is 0 Å². The monoisotopic (exact) mass is 442 g/mol. The number of benzene rings is 2. The molecule has 7 heteroatoms. The first-order valence-corrected chi connectivity index (χ1v) is 9.65. The SMILES string of the molecule is CCCOc1ccc(Br)cc1/C=C(\C#N)C(=O)Nc1ccc2c(c1)OCCO2. The minimum atomic E-state index is -0.513. The van der Waals surface area contributed by atoms with Gasteiger partial charge in [0.05, 0.1) is 6.61 Å². The Hall–Kier alpha value is -2.98. The van der Waals surface area contributed by atoms with Crippen LogP contribution in [-0.4, -0.2) is 25.7 Å². The molecular formula is C21H19BrN2O4. The van der Waals surface area contributed by atoms with E-state index >= 15 is 0 Å². The van der Waals surface area contributed by atoms with Gasteiger partial charge in [0.1, 0.15) is 30.6 Å². The Morgan fingerprint density at radius 1 is 1.25 bits per heavy atom. The zero-order valence-electron chi connectivity index (χ0n) is 15.3. The molecule has 0 atom stereocenters. The standard InChI is InChI=1S/C21H19BrN2O4/c1-2-7-26-18-5-3-16(22)11-14(18)10-15(13-23)21(25)24-17-4-6-19-20(12-17)28-9-8-27-19/h3-6,10-12H,2,7-9H2,1H3,(H,24,25)/b15-10+. The Balaban J connectivity index is 1.82. The third-order valence-corrected chi connectivity index (χ3v) is 4.39. The van der Waals surface area contributed by atoms with Gasteiger partial charge in [0.15, 0.2) is 11.5 Å². The molecule has 1 N–H and O–H groups in total. The van der Waals surface area contributed by atoms with Crippen LogP contribution in [0.25, 0.3) is 6.08 Å². The number of halogens is 1. The van der Waals surface area contributed by atoms with Crippen molar-refractivity contribution < 1.29 is 19.0 Å². The molecule has 0 saturated heterocycles. The van der Waals surface area contributed by atoms with Crippen molar-refractivity contribution in [3.63, 3.8) is 0 Å². The predicted octanol–water partition coefficient (Wildman–Crippen LogP) is 4.55. The van der Waals surface area contributed by atoms with Gasteiger partial charge < -0.3 is 19.5 Å². The lowest BCUT2D eigenvalue weighted by Crippen LogP contribution is -2.17. The fraction of sp³-hybridized carbons (Fsp3) is 0.238. The van der Waals surface area contributed by atoms with E-state index in [4.69, 9.17) is 14.2 Å². The predicted molar refractivity (Wildman–Crippen MR) is 110 cm³/mol. The highest BCUT2D eigenvalue weighted by Crippen LogP contribution is 2.33. The van der Waals surface area contributed by atoms with Gasteiger partial charge >= 0.3 is 0 Å². The van der Waals surface area contributed by atoms with E-state index < -0.39 is 5.91 Å². The topological polar surface area (TPSA) is 80.6 Å². The highest BCUT2D eigenvalue weighted by Gasteiger charge is 2.15. The second-order valence-corrected chi connectivity index (χ2v) is 6.93. The molecule has 144 valence electrons. The molecule has 0 radical (unpaired) electrons. The van der Waals surface area contributed by atoms with Gasteiger partial charge in [0, 0.05) is 21.8 Å². The number of fused-ring (bicyclic) bond motifs is 1. The summed E-state index contributed by atoms with van der Waals surface area (Å²) in [6.07, 6.45) is 2.37. The van der Waals surface area contributed by atoms with Crippen LogP contribution in [0.5, 0.6) is 17.2 Å².